The normalized spacial score (nSPS) is 12.2. The zero-order valence-electron chi connectivity index (χ0n) is 12.1. The number of hydrogen-bond acceptors (Lipinski definition) is 2. The predicted octanol–water partition coefficient (Wildman–Crippen LogP) is 3.99. The molecule has 0 fully saturated rings. The second-order valence-corrected chi connectivity index (χ2v) is 4.92. The van der Waals surface area contributed by atoms with E-state index in [1.54, 1.807) is 19.2 Å². The van der Waals surface area contributed by atoms with Gasteiger partial charge >= 0.3 is 0 Å². The number of methoxy groups -OCH3 is 1. The maximum atomic E-state index is 13.3. The molecule has 0 unspecified atom stereocenters. The number of hydrogen-bond donors (Lipinski definition) is 1. The number of rotatable bonds is 5. The van der Waals surface area contributed by atoms with E-state index in [0.29, 0.717) is 6.54 Å². The molecule has 1 atom stereocenters. The molecule has 0 aromatic heterocycles. The van der Waals surface area contributed by atoms with Crippen LogP contribution in [0.4, 0.5) is 4.39 Å². The minimum atomic E-state index is -0.197. The summed E-state index contributed by atoms with van der Waals surface area (Å²) in [6.45, 7) is 4.69. The molecule has 20 heavy (non-hydrogen) atoms. The first-order valence-corrected chi connectivity index (χ1v) is 6.73. The maximum Gasteiger partial charge on any atom is 0.123 e. The molecule has 1 N–H and O–H groups in total. The molecular weight excluding hydrogens is 253 g/mol. The average molecular weight is 273 g/mol. The second kappa shape index (κ2) is 6.53. The Morgan fingerprint density at radius 3 is 2.70 bits per heavy atom. The van der Waals surface area contributed by atoms with Crippen molar-refractivity contribution < 1.29 is 9.13 Å². The third-order valence-electron chi connectivity index (χ3n) is 3.52. The van der Waals surface area contributed by atoms with Gasteiger partial charge in [0.05, 0.1) is 7.11 Å². The van der Waals surface area contributed by atoms with E-state index < -0.39 is 0 Å². The van der Waals surface area contributed by atoms with Crippen molar-refractivity contribution in [3.63, 3.8) is 0 Å². The average Bonchev–Trinajstić information content (AvgIpc) is 2.47. The van der Waals surface area contributed by atoms with E-state index >= 15 is 0 Å². The highest BCUT2D eigenvalue weighted by Gasteiger charge is 2.10. The third kappa shape index (κ3) is 3.36. The zero-order chi connectivity index (χ0) is 14.5. The van der Waals surface area contributed by atoms with Crippen LogP contribution in [0.5, 0.6) is 5.75 Å². The van der Waals surface area contributed by atoms with Gasteiger partial charge in [-0.25, -0.2) is 4.39 Å². The zero-order valence-corrected chi connectivity index (χ0v) is 12.1. The highest BCUT2D eigenvalue weighted by atomic mass is 19.1. The molecule has 0 radical (unpaired) electrons. The molecule has 3 heteroatoms. The number of halogens is 1. The lowest BCUT2D eigenvalue weighted by Crippen LogP contribution is -2.19. The lowest BCUT2D eigenvalue weighted by Gasteiger charge is -2.18. The molecule has 106 valence electrons. The number of ether oxygens (including phenoxy) is 1. The molecule has 0 bridgehead atoms. The van der Waals surface area contributed by atoms with Gasteiger partial charge in [-0.3, -0.25) is 0 Å². The van der Waals surface area contributed by atoms with Gasteiger partial charge in [0.2, 0.25) is 0 Å². The van der Waals surface area contributed by atoms with Crippen molar-refractivity contribution in [3.05, 3.63) is 65.0 Å². The Morgan fingerprint density at radius 2 is 1.95 bits per heavy atom. The summed E-state index contributed by atoms with van der Waals surface area (Å²) in [5.41, 5.74) is 3.17. The van der Waals surface area contributed by atoms with Crippen molar-refractivity contribution in [3.8, 4) is 5.75 Å². The van der Waals surface area contributed by atoms with Gasteiger partial charge in [-0.1, -0.05) is 24.3 Å². The standard InChI is InChI=1S/C17H20FNO/c1-12-8-9-15(18)10-14(12)11-19-13(2)16-6-4-5-7-17(16)20-3/h4-10,13,19H,11H2,1-3H3/t13-/m1/s1. The molecule has 0 amide bonds. The van der Waals surface area contributed by atoms with Gasteiger partial charge < -0.3 is 10.1 Å². The highest BCUT2D eigenvalue weighted by molar-refractivity contribution is 5.35. The van der Waals surface area contributed by atoms with Crippen LogP contribution >= 0.6 is 0 Å². The lowest BCUT2D eigenvalue weighted by molar-refractivity contribution is 0.401. The van der Waals surface area contributed by atoms with Crippen LogP contribution < -0.4 is 10.1 Å². The first-order chi connectivity index (χ1) is 9.61. The Morgan fingerprint density at radius 1 is 1.20 bits per heavy atom. The Kier molecular flexibility index (Phi) is 4.74. The molecule has 0 saturated heterocycles. The molecule has 0 aliphatic carbocycles. The Balaban J connectivity index is 2.08. The van der Waals surface area contributed by atoms with Crippen molar-refractivity contribution in [2.24, 2.45) is 0 Å². The van der Waals surface area contributed by atoms with Crippen molar-refractivity contribution >= 4 is 0 Å². The minimum absolute atomic E-state index is 0.133. The van der Waals surface area contributed by atoms with Gasteiger partial charge in [-0.05, 0) is 43.2 Å². The summed E-state index contributed by atoms with van der Waals surface area (Å²) >= 11 is 0. The van der Waals surface area contributed by atoms with E-state index in [4.69, 9.17) is 4.74 Å². The van der Waals surface area contributed by atoms with Crippen LogP contribution in [0.1, 0.15) is 29.7 Å². The SMILES string of the molecule is COc1ccccc1[C@@H](C)NCc1cc(F)ccc1C. The van der Waals surface area contributed by atoms with Gasteiger partial charge in [0.15, 0.2) is 0 Å². The second-order valence-electron chi connectivity index (χ2n) is 4.92. The van der Waals surface area contributed by atoms with Crippen LogP contribution in [0.3, 0.4) is 0 Å². The Bertz CT molecular complexity index is 583. The fraction of sp³-hybridized carbons (Fsp3) is 0.294. The fourth-order valence-electron chi connectivity index (χ4n) is 2.23. The van der Waals surface area contributed by atoms with E-state index in [0.717, 1.165) is 22.4 Å². The smallest absolute Gasteiger partial charge is 0.123 e. The summed E-state index contributed by atoms with van der Waals surface area (Å²) in [7, 11) is 1.67. The van der Waals surface area contributed by atoms with Crippen molar-refractivity contribution in [2.45, 2.75) is 26.4 Å². The van der Waals surface area contributed by atoms with E-state index in [1.165, 1.54) is 6.07 Å². The first kappa shape index (κ1) is 14.5. The number of para-hydroxylation sites is 1. The van der Waals surface area contributed by atoms with Gasteiger partial charge in [0.25, 0.3) is 0 Å². The number of aryl methyl sites for hydroxylation is 1. The van der Waals surface area contributed by atoms with E-state index in [1.807, 2.05) is 31.2 Å². The van der Waals surface area contributed by atoms with Gasteiger partial charge in [-0.15, -0.1) is 0 Å². The monoisotopic (exact) mass is 273 g/mol. The third-order valence-corrected chi connectivity index (χ3v) is 3.52. The van der Waals surface area contributed by atoms with E-state index in [2.05, 4.69) is 12.2 Å². The van der Waals surface area contributed by atoms with E-state index in [-0.39, 0.29) is 11.9 Å². The molecule has 2 aromatic carbocycles. The molecule has 0 aliphatic heterocycles. The quantitative estimate of drug-likeness (QED) is 0.889. The van der Waals surface area contributed by atoms with Crippen LogP contribution in [0.25, 0.3) is 0 Å². The summed E-state index contributed by atoms with van der Waals surface area (Å²) in [6, 6.07) is 12.9. The molecular formula is C17H20FNO. The maximum absolute atomic E-state index is 13.3. The van der Waals surface area contributed by atoms with Gasteiger partial charge in [-0.2, -0.15) is 0 Å². The number of nitrogens with one attached hydrogen (secondary N) is 1. The molecule has 0 spiro atoms. The summed E-state index contributed by atoms with van der Waals surface area (Å²) < 4.78 is 18.6. The van der Waals surface area contributed by atoms with Crippen LogP contribution in [0, 0.1) is 12.7 Å². The number of benzene rings is 2. The van der Waals surface area contributed by atoms with Gasteiger partial charge in [0.1, 0.15) is 11.6 Å². The molecule has 2 rings (SSSR count). The molecule has 2 aromatic rings. The van der Waals surface area contributed by atoms with Crippen molar-refractivity contribution in [2.75, 3.05) is 7.11 Å². The topological polar surface area (TPSA) is 21.3 Å². The van der Waals surface area contributed by atoms with Gasteiger partial charge in [0, 0.05) is 18.2 Å². The molecule has 0 saturated carbocycles. The minimum Gasteiger partial charge on any atom is -0.496 e. The highest BCUT2D eigenvalue weighted by Crippen LogP contribution is 2.24. The van der Waals surface area contributed by atoms with Crippen LogP contribution in [-0.2, 0) is 6.54 Å². The van der Waals surface area contributed by atoms with Crippen molar-refractivity contribution in [1.82, 2.24) is 5.32 Å². The predicted molar refractivity (Wildman–Crippen MR) is 79.4 cm³/mol. The van der Waals surface area contributed by atoms with Crippen LogP contribution in [-0.4, -0.2) is 7.11 Å². The summed E-state index contributed by atoms with van der Waals surface area (Å²) in [6.07, 6.45) is 0. The van der Waals surface area contributed by atoms with Crippen molar-refractivity contribution in [1.29, 1.82) is 0 Å². The summed E-state index contributed by atoms with van der Waals surface area (Å²) in [5.74, 6) is 0.667. The van der Waals surface area contributed by atoms with E-state index in [9.17, 15) is 4.39 Å². The van der Waals surface area contributed by atoms with Crippen LogP contribution in [0.2, 0.25) is 0 Å². The summed E-state index contributed by atoms with van der Waals surface area (Å²) in [4.78, 5) is 0. The Labute approximate surface area is 119 Å². The summed E-state index contributed by atoms with van der Waals surface area (Å²) in [5, 5.41) is 3.41. The molecule has 2 nitrogen and oxygen atoms in total. The molecule has 0 heterocycles. The van der Waals surface area contributed by atoms with Crippen LogP contribution in [0.15, 0.2) is 42.5 Å². The fourth-order valence-corrected chi connectivity index (χ4v) is 2.23. The lowest BCUT2D eigenvalue weighted by atomic mass is 10.1. The largest absolute Gasteiger partial charge is 0.496 e. The Hall–Kier alpha value is -1.87. The molecule has 0 aliphatic rings. The first-order valence-electron chi connectivity index (χ1n) is 6.73.